The molecule has 0 heterocycles. The van der Waals surface area contributed by atoms with Gasteiger partial charge in [-0.1, -0.05) is 19.3 Å². The van der Waals surface area contributed by atoms with Crippen molar-refractivity contribution in [1.29, 1.82) is 0 Å². The van der Waals surface area contributed by atoms with Crippen LogP contribution < -0.4 is 5.73 Å². The first-order valence-corrected chi connectivity index (χ1v) is 8.85. The van der Waals surface area contributed by atoms with Crippen molar-refractivity contribution >= 4 is 29.3 Å². The number of nitro groups is 1. The van der Waals surface area contributed by atoms with Gasteiger partial charge in [-0.25, -0.2) is 0 Å². The second-order valence-electron chi connectivity index (χ2n) is 5.89. The van der Waals surface area contributed by atoms with Crippen LogP contribution in [0, 0.1) is 10.1 Å². The van der Waals surface area contributed by atoms with Gasteiger partial charge in [0.15, 0.2) is 0 Å². The second kappa shape index (κ2) is 8.14. The van der Waals surface area contributed by atoms with E-state index in [9.17, 15) is 19.7 Å². The second-order valence-corrected chi connectivity index (χ2v) is 6.91. The molecule has 2 rings (SSSR count). The summed E-state index contributed by atoms with van der Waals surface area (Å²) in [5.41, 5.74) is 5.02. The van der Waals surface area contributed by atoms with Crippen molar-refractivity contribution in [1.82, 2.24) is 4.90 Å². The molecule has 130 valence electrons. The molecule has 24 heavy (non-hydrogen) atoms. The Morgan fingerprint density at radius 1 is 1.33 bits per heavy atom. The molecular weight excluding hydrogens is 330 g/mol. The molecule has 0 aromatic heterocycles. The molecule has 2 N–H and O–H groups in total. The predicted octanol–water partition coefficient (Wildman–Crippen LogP) is 2.58. The minimum absolute atomic E-state index is 0.0415. The average molecular weight is 351 g/mol. The van der Waals surface area contributed by atoms with Gasteiger partial charge < -0.3 is 10.6 Å². The number of hydrogen-bond acceptors (Lipinski definition) is 5. The Morgan fingerprint density at radius 3 is 2.58 bits per heavy atom. The number of carbonyl (C=O) groups excluding carboxylic acids is 2. The zero-order valence-corrected chi connectivity index (χ0v) is 14.4. The molecular formula is C16H21N3O4S. The number of hydrogen-bond donors (Lipinski definition) is 1. The van der Waals surface area contributed by atoms with Crippen LogP contribution in [0.15, 0.2) is 23.1 Å². The summed E-state index contributed by atoms with van der Waals surface area (Å²) in [5.74, 6) is -0.632. The van der Waals surface area contributed by atoms with E-state index < -0.39 is 10.8 Å². The minimum Gasteiger partial charge on any atom is -0.366 e. The molecule has 0 aliphatic heterocycles. The molecule has 1 fully saturated rings. The van der Waals surface area contributed by atoms with E-state index in [1.54, 1.807) is 11.9 Å². The summed E-state index contributed by atoms with van der Waals surface area (Å²) in [5, 5.41) is 11.2. The lowest BCUT2D eigenvalue weighted by molar-refractivity contribution is -0.387. The number of benzene rings is 1. The molecule has 1 aliphatic carbocycles. The number of nitrogens with two attached hydrogens (primary N) is 1. The van der Waals surface area contributed by atoms with Crippen LogP contribution in [0.2, 0.25) is 0 Å². The Morgan fingerprint density at radius 2 is 2.00 bits per heavy atom. The van der Waals surface area contributed by atoms with Gasteiger partial charge in [-0.05, 0) is 25.0 Å². The van der Waals surface area contributed by atoms with Crippen molar-refractivity contribution in [3.05, 3.63) is 33.9 Å². The summed E-state index contributed by atoms with van der Waals surface area (Å²) in [6.07, 6.45) is 5.51. The molecule has 0 bridgehead atoms. The van der Waals surface area contributed by atoms with Crippen molar-refractivity contribution < 1.29 is 14.5 Å². The van der Waals surface area contributed by atoms with Gasteiger partial charge in [0.05, 0.1) is 15.6 Å². The number of nitro benzene ring substituents is 1. The first-order chi connectivity index (χ1) is 11.4. The van der Waals surface area contributed by atoms with Gasteiger partial charge in [0.1, 0.15) is 0 Å². The number of thioether (sulfide) groups is 1. The Labute approximate surface area is 144 Å². The van der Waals surface area contributed by atoms with E-state index in [0.717, 1.165) is 43.5 Å². The van der Waals surface area contributed by atoms with Crippen molar-refractivity contribution in [2.24, 2.45) is 5.73 Å². The fourth-order valence-electron chi connectivity index (χ4n) is 2.85. The predicted molar refractivity (Wildman–Crippen MR) is 92.0 cm³/mol. The molecule has 0 unspecified atom stereocenters. The highest BCUT2D eigenvalue weighted by Gasteiger charge is 2.23. The molecule has 1 aliphatic rings. The van der Waals surface area contributed by atoms with Gasteiger partial charge >= 0.3 is 0 Å². The van der Waals surface area contributed by atoms with Gasteiger partial charge in [0.2, 0.25) is 11.8 Å². The standard InChI is InChI=1S/C16H21N3O4S/c1-18(12-5-3-2-4-6-12)15(20)10-24-14-8-7-11(16(17)21)9-13(14)19(22)23/h7-9,12H,2-6,10H2,1H3,(H2,17,21). The Hall–Kier alpha value is -2.09. The molecule has 1 aromatic rings. The maximum absolute atomic E-state index is 12.3. The third-order valence-corrected chi connectivity index (χ3v) is 5.35. The zero-order chi connectivity index (χ0) is 17.7. The number of primary amides is 1. The number of rotatable bonds is 6. The smallest absolute Gasteiger partial charge is 0.283 e. The lowest BCUT2D eigenvalue weighted by atomic mass is 9.94. The Bertz CT molecular complexity index is 644. The summed E-state index contributed by atoms with van der Waals surface area (Å²) in [7, 11) is 1.80. The van der Waals surface area contributed by atoms with Crippen LogP contribution in [0.1, 0.15) is 42.5 Å². The van der Waals surface area contributed by atoms with E-state index in [4.69, 9.17) is 5.73 Å². The van der Waals surface area contributed by atoms with E-state index in [0.29, 0.717) is 4.90 Å². The first-order valence-electron chi connectivity index (χ1n) is 7.87. The van der Waals surface area contributed by atoms with Crippen molar-refractivity contribution in [2.75, 3.05) is 12.8 Å². The number of carbonyl (C=O) groups is 2. The maximum Gasteiger partial charge on any atom is 0.283 e. The van der Waals surface area contributed by atoms with Crippen LogP contribution >= 0.6 is 11.8 Å². The van der Waals surface area contributed by atoms with Crippen molar-refractivity contribution in [2.45, 2.75) is 43.0 Å². The van der Waals surface area contributed by atoms with Gasteiger partial charge in [-0.15, -0.1) is 11.8 Å². The normalized spacial score (nSPS) is 15.0. The summed E-state index contributed by atoms with van der Waals surface area (Å²) < 4.78 is 0. The molecule has 0 atom stereocenters. The minimum atomic E-state index is -0.720. The number of nitrogens with zero attached hydrogens (tertiary/aromatic N) is 2. The summed E-state index contributed by atoms with van der Waals surface area (Å²) >= 11 is 1.11. The summed E-state index contributed by atoms with van der Waals surface area (Å²) in [6.45, 7) is 0. The fraction of sp³-hybridized carbons (Fsp3) is 0.500. The Kier molecular flexibility index (Phi) is 6.19. The SMILES string of the molecule is CN(C(=O)CSc1ccc(C(N)=O)cc1[N+](=O)[O-])C1CCCCC1. The zero-order valence-electron chi connectivity index (χ0n) is 13.6. The Balaban J connectivity index is 2.03. The lowest BCUT2D eigenvalue weighted by Crippen LogP contribution is -2.39. The topological polar surface area (TPSA) is 107 Å². The molecule has 8 heteroatoms. The fourth-order valence-corrected chi connectivity index (χ4v) is 3.78. The molecule has 1 saturated carbocycles. The summed E-state index contributed by atoms with van der Waals surface area (Å²) in [4.78, 5) is 36.2. The van der Waals surface area contributed by atoms with Gasteiger partial charge in [-0.3, -0.25) is 19.7 Å². The molecule has 1 aromatic carbocycles. The van der Waals surface area contributed by atoms with Crippen molar-refractivity contribution in [3.63, 3.8) is 0 Å². The largest absolute Gasteiger partial charge is 0.366 e. The molecule has 2 amide bonds. The number of amides is 2. The van der Waals surface area contributed by atoms with E-state index in [2.05, 4.69) is 0 Å². The highest BCUT2D eigenvalue weighted by molar-refractivity contribution is 8.00. The van der Waals surface area contributed by atoms with Crippen LogP contribution in [0.4, 0.5) is 5.69 Å². The quantitative estimate of drug-likeness (QED) is 0.481. The third kappa shape index (κ3) is 4.47. The summed E-state index contributed by atoms with van der Waals surface area (Å²) in [6, 6.07) is 4.32. The highest BCUT2D eigenvalue weighted by atomic mass is 32.2. The highest BCUT2D eigenvalue weighted by Crippen LogP contribution is 2.31. The van der Waals surface area contributed by atoms with Crippen LogP contribution in [0.5, 0.6) is 0 Å². The van der Waals surface area contributed by atoms with E-state index in [1.807, 2.05) is 0 Å². The maximum atomic E-state index is 12.3. The molecule has 0 radical (unpaired) electrons. The van der Waals surface area contributed by atoms with E-state index >= 15 is 0 Å². The molecule has 0 saturated heterocycles. The van der Waals surface area contributed by atoms with Gasteiger partial charge in [0.25, 0.3) is 5.69 Å². The molecule has 0 spiro atoms. The van der Waals surface area contributed by atoms with E-state index in [1.165, 1.54) is 18.6 Å². The third-order valence-electron chi connectivity index (χ3n) is 4.31. The lowest BCUT2D eigenvalue weighted by Gasteiger charge is -2.31. The van der Waals surface area contributed by atoms with Gasteiger partial charge in [-0.2, -0.15) is 0 Å². The van der Waals surface area contributed by atoms with Crippen LogP contribution in [0.25, 0.3) is 0 Å². The van der Waals surface area contributed by atoms with Crippen molar-refractivity contribution in [3.8, 4) is 0 Å². The first kappa shape index (κ1) is 18.3. The van der Waals surface area contributed by atoms with Crippen LogP contribution in [-0.4, -0.2) is 40.5 Å². The van der Waals surface area contributed by atoms with Gasteiger partial charge in [0, 0.05) is 24.7 Å². The average Bonchev–Trinajstić information content (AvgIpc) is 2.59. The molecule has 7 nitrogen and oxygen atoms in total. The van der Waals surface area contributed by atoms with Crippen LogP contribution in [0.3, 0.4) is 0 Å². The monoisotopic (exact) mass is 351 g/mol. The van der Waals surface area contributed by atoms with Crippen LogP contribution in [-0.2, 0) is 4.79 Å². The van der Waals surface area contributed by atoms with E-state index in [-0.39, 0.29) is 29.0 Å².